The molecule has 0 aromatic heterocycles. The summed E-state index contributed by atoms with van der Waals surface area (Å²) in [6.07, 6.45) is 0. The van der Waals surface area contributed by atoms with Gasteiger partial charge in [0.25, 0.3) is 0 Å². The molecule has 1 N–H and O–H groups in total. The van der Waals surface area contributed by atoms with Crippen molar-refractivity contribution in [3.8, 4) is 11.8 Å². The molecule has 106 valence electrons. The van der Waals surface area contributed by atoms with Gasteiger partial charge in [0.05, 0.1) is 12.1 Å². The number of rotatable bonds is 5. The predicted octanol–water partition coefficient (Wildman–Crippen LogP) is 1.27. The number of esters is 1. The smallest absolute Gasteiger partial charge is 0.331 e. The summed E-state index contributed by atoms with van der Waals surface area (Å²) < 4.78 is 9.93. The van der Waals surface area contributed by atoms with Crippen LogP contribution in [0.15, 0.2) is 18.2 Å². The number of hydrogen-bond acceptors (Lipinski definition) is 5. The second kappa shape index (κ2) is 7.36. The third-order valence-electron chi connectivity index (χ3n) is 2.36. The summed E-state index contributed by atoms with van der Waals surface area (Å²) in [5.41, 5.74) is 0.167. The molecule has 0 aliphatic rings. The molecule has 1 atom stereocenters. The molecule has 0 heterocycles. The lowest BCUT2D eigenvalue weighted by atomic mass is 10.2. The van der Waals surface area contributed by atoms with Gasteiger partial charge in [0, 0.05) is 6.92 Å². The van der Waals surface area contributed by atoms with Crippen molar-refractivity contribution in [2.75, 3.05) is 13.7 Å². The number of halogens is 1. The number of benzene rings is 1. The van der Waals surface area contributed by atoms with E-state index in [1.54, 1.807) is 18.2 Å². The molecule has 1 amide bonds. The second-order valence-corrected chi connectivity index (χ2v) is 4.22. The van der Waals surface area contributed by atoms with Gasteiger partial charge in [-0.1, -0.05) is 17.7 Å². The Bertz CT molecular complexity index is 554. The molecule has 0 saturated heterocycles. The summed E-state index contributed by atoms with van der Waals surface area (Å²) in [7, 11) is 1.21. The van der Waals surface area contributed by atoms with Crippen molar-refractivity contribution in [1.29, 1.82) is 5.26 Å². The largest absolute Gasteiger partial charge is 0.489 e. The van der Waals surface area contributed by atoms with Gasteiger partial charge in [-0.05, 0) is 12.1 Å². The Morgan fingerprint density at radius 2 is 2.20 bits per heavy atom. The predicted molar refractivity (Wildman–Crippen MR) is 71.3 cm³/mol. The van der Waals surface area contributed by atoms with Gasteiger partial charge in [0.15, 0.2) is 6.04 Å². The fraction of sp³-hybridized carbons (Fsp3) is 0.308. The van der Waals surface area contributed by atoms with Crippen LogP contribution in [-0.4, -0.2) is 31.6 Å². The van der Waals surface area contributed by atoms with Gasteiger partial charge in [-0.2, -0.15) is 5.26 Å². The first-order chi connectivity index (χ1) is 9.49. The molecule has 7 heteroatoms. The Balaban J connectivity index is 2.83. The van der Waals surface area contributed by atoms with Crippen LogP contribution in [0.25, 0.3) is 0 Å². The number of nitrogens with one attached hydrogen (secondary N) is 1. The van der Waals surface area contributed by atoms with E-state index in [4.69, 9.17) is 21.6 Å². The maximum Gasteiger partial charge on any atom is 0.331 e. The zero-order chi connectivity index (χ0) is 15.1. The van der Waals surface area contributed by atoms with E-state index in [9.17, 15) is 9.59 Å². The van der Waals surface area contributed by atoms with E-state index in [1.165, 1.54) is 14.0 Å². The van der Waals surface area contributed by atoms with Gasteiger partial charge in [-0.3, -0.25) is 4.79 Å². The summed E-state index contributed by atoms with van der Waals surface area (Å²) >= 11 is 5.86. The van der Waals surface area contributed by atoms with E-state index in [0.29, 0.717) is 0 Å². The average molecular weight is 297 g/mol. The van der Waals surface area contributed by atoms with Crippen LogP contribution in [0.5, 0.6) is 5.75 Å². The molecule has 1 aromatic carbocycles. The molecule has 1 aromatic rings. The number of amides is 1. The van der Waals surface area contributed by atoms with Crippen molar-refractivity contribution in [2.45, 2.75) is 13.0 Å². The molecule has 0 saturated carbocycles. The Morgan fingerprint density at radius 3 is 2.75 bits per heavy atom. The molecule has 0 spiro atoms. The van der Waals surface area contributed by atoms with Crippen LogP contribution in [0.3, 0.4) is 0 Å². The van der Waals surface area contributed by atoms with E-state index in [0.717, 1.165) is 0 Å². The quantitative estimate of drug-likeness (QED) is 0.827. The van der Waals surface area contributed by atoms with Crippen molar-refractivity contribution in [3.63, 3.8) is 0 Å². The SMILES string of the molecule is COC(=O)C(COc1cccc(Cl)c1C#N)NC(C)=O. The number of ether oxygens (including phenoxy) is 2. The Hall–Kier alpha value is -2.26. The fourth-order valence-electron chi connectivity index (χ4n) is 1.46. The third kappa shape index (κ3) is 4.14. The molecule has 0 bridgehead atoms. The first-order valence-electron chi connectivity index (χ1n) is 5.66. The third-order valence-corrected chi connectivity index (χ3v) is 2.67. The van der Waals surface area contributed by atoms with Gasteiger partial charge < -0.3 is 14.8 Å². The van der Waals surface area contributed by atoms with Crippen LogP contribution in [0.1, 0.15) is 12.5 Å². The molecular weight excluding hydrogens is 284 g/mol. The molecule has 6 nitrogen and oxygen atoms in total. The molecule has 20 heavy (non-hydrogen) atoms. The summed E-state index contributed by atoms with van der Waals surface area (Å²) in [5.74, 6) is -0.796. The van der Waals surface area contributed by atoms with Gasteiger partial charge in [-0.15, -0.1) is 0 Å². The first kappa shape index (κ1) is 15.8. The first-order valence-corrected chi connectivity index (χ1v) is 6.03. The molecule has 1 unspecified atom stereocenters. The number of hydrogen-bond donors (Lipinski definition) is 1. The minimum Gasteiger partial charge on any atom is -0.489 e. The highest BCUT2D eigenvalue weighted by molar-refractivity contribution is 6.31. The highest BCUT2D eigenvalue weighted by Crippen LogP contribution is 2.25. The number of methoxy groups -OCH3 is 1. The highest BCUT2D eigenvalue weighted by atomic mass is 35.5. The summed E-state index contributed by atoms with van der Waals surface area (Å²) in [6.45, 7) is 1.11. The Kier molecular flexibility index (Phi) is 5.81. The number of carbonyl (C=O) groups excluding carboxylic acids is 2. The van der Waals surface area contributed by atoms with E-state index in [1.807, 2.05) is 6.07 Å². The van der Waals surface area contributed by atoms with Gasteiger partial charge >= 0.3 is 5.97 Å². The number of nitriles is 1. The van der Waals surface area contributed by atoms with Gasteiger partial charge in [0.1, 0.15) is 24.0 Å². The molecule has 0 aliphatic carbocycles. The number of nitrogens with zero attached hydrogens (tertiary/aromatic N) is 1. The van der Waals surface area contributed by atoms with Crippen LogP contribution in [0.2, 0.25) is 5.02 Å². The van der Waals surface area contributed by atoms with E-state index < -0.39 is 17.9 Å². The van der Waals surface area contributed by atoms with Crippen molar-refractivity contribution < 1.29 is 19.1 Å². The van der Waals surface area contributed by atoms with Crippen molar-refractivity contribution in [3.05, 3.63) is 28.8 Å². The van der Waals surface area contributed by atoms with Crippen LogP contribution in [0.4, 0.5) is 0 Å². The fourth-order valence-corrected chi connectivity index (χ4v) is 1.67. The summed E-state index contributed by atoms with van der Waals surface area (Å²) in [6, 6.07) is 5.67. The van der Waals surface area contributed by atoms with E-state index in [2.05, 4.69) is 10.1 Å². The lowest BCUT2D eigenvalue weighted by Crippen LogP contribution is -2.44. The Labute approximate surface area is 121 Å². The normalized spacial score (nSPS) is 11.1. The summed E-state index contributed by atoms with van der Waals surface area (Å²) in [5, 5.41) is 11.6. The molecule has 1 rings (SSSR count). The minimum absolute atomic E-state index is 0.165. The van der Waals surface area contributed by atoms with Crippen LogP contribution in [-0.2, 0) is 14.3 Å². The standard InChI is InChI=1S/C13H13ClN2O4/c1-8(17)16-11(13(18)19-2)7-20-12-5-3-4-10(14)9(12)6-15/h3-5,11H,7H2,1-2H3,(H,16,17). The van der Waals surface area contributed by atoms with Crippen LogP contribution >= 0.6 is 11.6 Å². The van der Waals surface area contributed by atoms with Crippen molar-refractivity contribution >= 4 is 23.5 Å². The molecule has 0 radical (unpaired) electrons. The van der Waals surface area contributed by atoms with Gasteiger partial charge in [-0.25, -0.2) is 4.79 Å². The average Bonchev–Trinajstić information content (AvgIpc) is 2.42. The molecule has 0 aliphatic heterocycles. The maximum absolute atomic E-state index is 11.5. The number of carbonyl (C=O) groups is 2. The highest BCUT2D eigenvalue weighted by Gasteiger charge is 2.21. The molecular formula is C13H13ClN2O4. The maximum atomic E-state index is 11.5. The van der Waals surface area contributed by atoms with E-state index >= 15 is 0 Å². The second-order valence-electron chi connectivity index (χ2n) is 3.81. The van der Waals surface area contributed by atoms with Crippen LogP contribution < -0.4 is 10.1 Å². The van der Waals surface area contributed by atoms with Gasteiger partial charge in [0.2, 0.25) is 5.91 Å². The monoisotopic (exact) mass is 296 g/mol. The van der Waals surface area contributed by atoms with Crippen LogP contribution in [0, 0.1) is 11.3 Å². The topological polar surface area (TPSA) is 88.4 Å². The lowest BCUT2D eigenvalue weighted by Gasteiger charge is -2.16. The lowest BCUT2D eigenvalue weighted by molar-refractivity contribution is -0.145. The van der Waals surface area contributed by atoms with Crippen molar-refractivity contribution in [1.82, 2.24) is 5.32 Å². The Morgan fingerprint density at radius 1 is 1.50 bits per heavy atom. The minimum atomic E-state index is -0.956. The van der Waals surface area contributed by atoms with Crippen molar-refractivity contribution in [2.24, 2.45) is 0 Å². The zero-order valence-electron chi connectivity index (χ0n) is 11.0. The van der Waals surface area contributed by atoms with E-state index in [-0.39, 0.29) is 22.9 Å². The molecule has 0 fully saturated rings. The zero-order valence-corrected chi connectivity index (χ0v) is 11.7. The summed E-state index contributed by atoms with van der Waals surface area (Å²) in [4.78, 5) is 22.5.